The molecule has 1 aromatic carbocycles. The van der Waals surface area contributed by atoms with Gasteiger partial charge in [0.1, 0.15) is 0 Å². The van der Waals surface area contributed by atoms with Gasteiger partial charge >= 0.3 is 11.9 Å². The molecule has 7 nitrogen and oxygen atoms in total. The summed E-state index contributed by atoms with van der Waals surface area (Å²) in [5.74, 6) is -1.48. The van der Waals surface area contributed by atoms with Crippen molar-refractivity contribution in [1.29, 1.82) is 0 Å². The standard InChI is InChI=1S/C19H22N2O5S/c1-12-7-8-27-16(12)10-21(2)11-17(22)20-15-9-13(18(23)25-3)5-6-14(15)19(24)26-4/h5-9H,10-11H2,1-4H3,(H,20,22). The number of ether oxygens (including phenoxy) is 2. The van der Waals surface area contributed by atoms with E-state index in [4.69, 9.17) is 4.74 Å². The predicted octanol–water partition coefficient (Wildman–Crippen LogP) is 2.70. The number of likely N-dealkylation sites (N-methyl/N-ethyl adjacent to an activating group) is 1. The van der Waals surface area contributed by atoms with E-state index >= 15 is 0 Å². The van der Waals surface area contributed by atoms with Crippen molar-refractivity contribution < 1.29 is 23.9 Å². The van der Waals surface area contributed by atoms with E-state index in [0.29, 0.717) is 6.54 Å². The molecule has 0 fully saturated rings. The van der Waals surface area contributed by atoms with Crippen molar-refractivity contribution >= 4 is 34.9 Å². The van der Waals surface area contributed by atoms with Gasteiger partial charge in [-0.1, -0.05) is 0 Å². The number of hydrogen-bond donors (Lipinski definition) is 1. The number of carbonyl (C=O) groups excluding carboxylic acids is 3. The molecule has 2 aromatic rings. The Morgan fingerprint density at radius 2 is 1.81 bits per heavy atom. The first-order valence-electron chi connectivity index (χ1n) is 8.17. The monoisotopic (exact) mass is 390 g/mol. The Morgan fingerprint density at radius 3 is 2.41 bits per heavy atom. The number of anilines is 1. The van der Waals surface area contributed by atoms with Crippen LogP contribution in [0, 0.1) is 6.92 Å². The summed E-state index contributed by atoms with van der Waals surface area (Å²) >= 11 is 1.64. The van der Waals surface area contributed by atoms with Crippen LogP contribution >= 0.6 is 11.3 Å². The minimum atomic E-state index is -0.607. The van der Waals surface area contributed by atoms with Crippen LogP contribution in [0.2, 0.25) is 0 Å². The number of nitrogens with zero attached hydrogens (tertiary/aromatic N) is 1. The average Bonchev–Trinajstić information content (AvgIpc) is 3.04. The fourth-order valence-corrected chi connectivity index (χ4v) is 3.47. The van der Waals surface area contributed by atoms with E-state index in [2.05, 4.69) is 10.1 Å². The number of nitrogens with one attached hydrogen (secondary N) is 1. The Morgan fingerprint density at radius 1 is 1.11 bits per heavy atom. The zero-order valence-electron chi connectivity index (χ0n) is 15.7. The Kier molecular flexibility index (Phi) is 7.09. The Hall–Kier alpha value is -2.71. The van der Waals surface area contributed by atoms with Gasteiger partial charge in [0.15, 0.2) is 0 Å². The number of amides is 1. The molecule has 0 atom stereocenters. The number of hydrogen-bond acceptors (Lipinski definition) is 7. The number of rotatable bonds is 7. The predicted molar refractivity (Wildman–Crippen MR) is 103 cm³/mol. The lowest BCUT2D eigenvalue weighted by Crippen LogP contribution is -2.30. The second-order valence-corrected chi connectivity index (χ2v) is 6.99. The van der Waals surface area contributed by atoms with Crippen molar-refractivity contribution in [1.82, 2.24) is 4.90 Å². The molecule has 0 saturated heterocycles. The minimum absolute atomic E-state index is 0.125. The summed E-state index contributed by atoms with van der Waals surface area (Å²) in [5, 5.41) is 4.70. The number of thiophene rings is 1. The molecule has 1 aromatic heterocycles. The van der Waals surface area contributed by atoms with E-state index in [1.165, 1.54) is 42.9 Å². The first-order chi connectivity index (χ1) is 12.8. The summed E-state index contributed by atoms with van der Waals surface area (Å²) in [5.41, 5.74) is 1.78. The Labute approximate surface area is 161 Å². The lowest BCUT2D eigenvalue weighted by atomic mass is 10.1. The van der Waals surface area contributed by atoms with E-state index in [-0.39, 0.29) is 29.3 Å². The molecule has 0 unspecified atom stereocenters. The number of benzene rings is 1. The van der Waals surface area contributed by atoms with Gasteiger partial charge in [0, 0.05) is 11.4 Å². The molecular weight excluding hydrogens is 368 g/mol. The van der Waals surface area contributed by atoms with Gasteiger partial charge in [-0.25, -0.2) is 9.59 Å². The van der Waals surface area contributed by atoms with E-state index in [1.54, 1.807) is 11.3 Å². The molecule has 144 valence electrons. The topological polar surface area (TPSA) is 84.9 Å². The van der Waals surface area contributed by atoms with Crippen LogP contribution in [0.1, 0.15) is 31.2 Å². The maximum Gasteiger partial charge on any atom is 0.339 e. The maximum atomic E-state index is 12.4. The zero-order valence-corrected chi connectivity index (χ0v) is 16.5. The average molecular weight is 390 g/mol. The fourth-order valence-electron chi connectivity index (χ4n) is 2.48. The second kappa shape index (κ2) is 9.29. The number of carbonyl (C=O) groups is 3. The fraction of sp³-hybridized carbons (Fsp3) is 0.316. The summed E-state index contributed by atoms with van der Waals surface area (Å²) in [6.07, 6.45) is 0. The van der Waals surface area contributed by atoms with Crippen LogP contribution in [0.25, 0.3) is 0 Å². The van der Waals surface area contributed by atoms with Crippen molar-refractivity contribution in [3.05, 3.63) is 51.2 Å². The molecule has 0 bridgehead atoms. The molecule has 0 aliphatic heterocycles. The summed E-state index contributed by atoms with van der Waals surface area (Å²) in [7, 11) is 4.35. The van der Waals surface area contributed by atoms with Crippen LogP contribution in [-0.4, -0.2) is 50.6 Å². The molecule has 1 N–H and O–H groups in total. The zero-order chi connectivity index (χ0) is 20.0. The van der Waals surface area contributed by atoms with Gasteiger partial charge in [-0.2, -0.15) is 0 Å². The van der Waals surface area contributed by atoms with Gasteiger partial charge in [-0.3, -0.25) is 9.69 Å². The first kappa shape index (κ1) is 20.6. The van der Waals surface area contributed by atoms with Crippen molar-refractivity contribution in [3.63, 3.8) is 0 Å². The molecule has 27 heavy (non-hydrogen) atoms. The number of methoxy groups -OCH3 is 2. The summed E-state index contributed by atoms with van der Waals surface area (Å²) < 4.78 is 9.42. The third kappa shape index (κ3) is 5.38. The van der Waals surface area contributed by atoms with Gasteiger partial charge in [0.25, 0.3) is 0 Å². The lowest BCUT2D eigenvalue weighted by Gasteiger charge is -2.17. The normalized spacial score (nSPS) is 10.6. The third-order valence-electron chi connectivity index (χ3n) is 3.92. The highest BCUT2D eigenvalue weighted by atomic mass is 32.1. The van der Waals surface area contributed by atoms with Crippen LogP contribution < -0.4 is 5.32 Å². The lowest BCUT2D eigenvalue weighted by molar-refractivity contribution is -0.117. The number of esters is 2. The molecule has 0 aliphatic carbocycles. The van der Waals surface area contributed by atoms with E-state index < -0.39 is 11.9 Å². The van der Waals surface area contributed by atoms with Crippen LogP contribution in [0.3, 0.4) is 0 Å². The SMILES string of the molecule is COC(=O)c1ccc(C(=O)OC)c(NC(=O)CN(C)Cc2sccc2C)c1. The Balaban J connectivity index is 2.13. The maximum absolute atomic E-state index is 12.4. The highest BCUT2D eigenvalue weighted by molar-refractivity contribution is 7.10. The second-order valence-electron chi connectivity index (χ2n) is 5.99. The van der Waals surface area contributed by atoms with Crippen LogP contribution in [0.5, 0.6) is 0 Å². The van der Waals surface area contributed by atoms with Crippen LogP contribution in [0.15, 0.2) is 29.6 Å². The third-order valence-corrected chi connectivity index (χ3v) is 4.92. The molecule has 2 rings (SSSR count). The molecule has 1 heterocycles. The van der Waals surface area contributed by atoms with Gasteiger partial charge in [0.05, 0.1) is 37.6 Å². The molecular formula is C19H22N2O5S. The smallest absolute Gasteiger partial charge is 0.339 e. The molecule has 0 saturated carbocycles. The van der Waals surface area contributed by atoms with Crippen LogP contribution in [-0.2, 0) is 20.8 Å². The highest BCUT2D eigenvalue weighted by Gasteiger charge is 2.18. The molecule has 1 amide bonds. The quantitative estimate of drug-likeness (QED) is 0.732. The molecule has 0 radical (unpaired) electrons. The summed E-state index contributed by atoms with van der Waals surface area (Å²) in [6.45, 7) is 2.80. The molecule has 0 spiro atoms. The van der Waals surface area contributed by atoms with Crippen LogP contribution in [0.4, 0.5) is 5.69 Å². The summed E-state index contributed by atoms with van der Waals surface area (Å²) in [6, 6.07) is 6.31. The molecule has 0 aliphatic rings. The Bertz CT molecular complexity index is 846. The highest BCUT2D eigenvalue weighted by Crippen LogP contribution is 2.20. The van der Waals surface area contributed by atoms with E-state index in [9.17, 15) is 14.4 Å². The van der Waals surface area contributed by atoms with Gasteiger partial charge < -0.3 is 14.8 Å². The van der Waals surface area contributed by atoms with Crippen molar-refractivity contribution in [2.24, 2.45) is 0 Å². The van der Waals surface area contributed by atoms with Crippen molar-refractivity contribution in [2.45, 2.75) is 13.5 Å². The molecule has 8 heteroatoms. The van der Waals surface area contributed by atoms with E-state index in [1.807, 2.05) is 30.3 Å². The minimum Gasteiger partial charge on any atom is -0.465 e. The summed E-state index contributed by atoms with van der Waals surface area (Å²) in [4.78, 5) is 39.2. The van der Waals surface area contributed by atoms with Gasteiger partial charge in [-0.05, 0) is 49.2 Å². The largest absolute Gasteiger partial charge is 0.465 e. The first-order valence-corrected chi connectivity index (χ1v) is 9.05. The number of aryl methyl sites for hydroxylation is 1. The van der Waals surface area contributed by atoms with Gasteiger partial charge in [0.2, 0.25) is 5.91 Å². The van der Waals surface area contributed by atoms with Crippen molar-refractivity contribution in [3.8, 4) is 0 Å². The van der Waals surface area contributed by atoms with Crippen molar-refractivity contribution in [2.75, 3.05) is 33.1 Å². The van der Waals surface area contributed by atoms with Gasteiger partial charge in [-0.15, -0.1) is 11.3 Å². The van der Waals surface area contributed by atoms with E-state index in [0.717, 1.165) is 0 Å².